The molecule has 0 aliphatic carbocycles. The molecule has 0 N–H and O–H groups in total. The Morgan fingerprint density at radius 2 is 2.14 bits per heavy atom. The van der Waals surface area contributed by atoms with Crippen LogP contribution in [0.15, 0.2) is 12.2 Å². The van der Waals surface area contributed by atoms with Gasteiger partial charge in [0.2, 0.25) is 5.91 Å². The van der Waals surface area contributed by atoms with Gasteiger partial charge < -0.3 is 4.90 Å². The van der Waals surface area contributed by atoms with E-state index in [0.717, 1.165) is 37.9 Å². The summed E-state index contributed by atoms with van der Waals surface area (Å²) in [7, 11) is 0. The van der Waals surface area contributed by atoms with Crippen LogP contribution in [0.4, 0.5) is 0 Å². The van der Waals surface area contributed by atoms with Crippen LogP contribution in [-0.4, -0.2) is 23.9 Å². The van der Waals surface area contributed by atoms with Crippen molar-refractivity contribution in [2.75, 3.05) is 13.1 Å². The Kier molecular flexibility index (Phi) is 4.71. The van der Waals surface area contributed by atoms with Crippen molar-refractivity contribution >= 4 is 5.91 Å². The van der Waals surface area contributed by atoms with Crippen LogP contribution in [0.1, 0.15) is 45.4 Å². The van der Waals surface area contributed by atoms with Gasteiger partial charge in [0, 0.05) is 18.7 Å². The van der Waals surface area contributed by atoms with Crippen molar-refractivity contribution in [2.45, 2.75) is 45.4 Å². The second-order valence-electron chi connectivity index (χ2n) is 4.06. The maximum atomic E-state index is 11.6. The summed E-state index contributed by atoms with van der Waals surface area (Å²) in [6, 6.07) is 0. The van der Waals surface area contributed by atoms with Crippen molar-refractivity contribution in [2.24, 2.45) is 0 Å². The number of carbonyl (C=O) groups is 1. The van der Waals surface area contributed by atoms with Gasteiger partial charge in [-0.25, -0.2) is 0 Å². The molecule has 1 fully saturated rings. The van der Waals surface area contributed by atoms with Gasteiger partial charge in [0.1, 0.15) is 0 Å². The first-order chi connectivity index (χ1) is 6.75. The van der Waals surface area contributed by atoms with Crippen LogP contribution in [0.25, 0.3) is 0 Å². The molecule has 0 unspecified atom stereocenters. The van der Waals surface area contributed by atoms with Gasteiger partial charge in [-0.2, -0.15) is 0 Å². The van der Waals surface area contributed by atoms with E-state index >= 15 is 0 Å². The second kappa shape index (κ2) is 5.84. The van der Waals surface area contributed by atoms with Crippen LogP contribution in [0.2, 0.25) is 0 Å². The third-order valence-electron chi connectivity index (χ3n) is 2.78. The van der Waals surface area contributed by atoms with E-state index in [0.29, 0.717) is 0 Å². The third-order valence-corrected chi connectivity index (χ3v) is 2.78. The van der Waals surface area contributed by atoms with Crippen molar-refractivity contribution in [3.8, 4) is 0 Å². The summed E-state index contributed by atoms with van der Waals surface area (Å²) in [5, 5.41) is 0. The lowest BCUT2D eigenvalue weighted by atomic mass is 10.1. The Labute approximate surface area is 87.0 Å². The van der Waals surface area contributed by atoms with Gasteiger partial charge in [0.15, 0.2) is 0 Å². The summed E-state index contributed by atoms with van der Waals surface area (Å²) < 4.78 is 0. The fourth-order valence-corrected chi connectivity index (χ4v) is 1.86. The zero-order valence-electron chi connectivity index (χ0n) is 9.22. The van der Waals surface area contributed by atoms with Gasteiger partial charge in [-0.3, -0.25) is 4.79 Å². The first-order valence-corrected chi connectivity index (χ1v) is 5.72. The summed E-state index contributed by atoms with van der Waals surface area (Å²) in [5.74, 6) is 0.188. The van der Waals surface area contributed by atoms with E-state index in [1.54, 1.807) is 0 Å². The maximum absolute atomic E-state index is 11.6. The van der Waals surface area contributed by atoms with E-state index in [4.69, 9.17) is 0 Å². The Hall–Kier alpha value is -0.790. The number of hydrogen-bond acceptors (Lipinski definition) is 1. The summed E-state index contributed by atoms with van der Waals surface area (Å²) in [6.45, 7) is 7.86. The van der Waals surface area contributed by atoms with Crippen molar-refractivity contribution in [3.05, 3.63) is 12.2 Å². The number of unbranched alkanes of at least 4 members (excludes halogenated alkanes) is 3. The molecule has 80 valence electrons. The molecule has 0 bridgehead atoms. The zero-order chi connectivity index (χ0) is 10.4. The molecular weight excluding hydrogens is 174 g/mol. The first kappa shape index (κ1) is 11.3. The summed E-state index contributed by atoms with van der Waals surface area (Å²) in [5.41, 5.74) is 0.798. The highest BCUT2D eigenvalue weighted by molar-refractivity contribution is 5.93. The molecule has 1 amide bonds. The minimum absolute atomic E-state index is 0.188. The van der Waals surface area contributed by atoms with E-state index < -0.39 is 0 Å². The summed E-state index contributed by atoms with van der Waals surface area (Å²) >= 11 is 0. The van der Waals surface area contributed by atoms with Crippen LogP contribution in [0, 0.1) is 0 Å². The van der Waals surface area contributed by atoms with Crippen molar-refractivity contribution in [1.82, 2.24) is 4.90 Å². The number of carbonyl (C=O) groups excluding carboxylic acids is 1. The van der Waals surface area contributed by atoms with Crippen molar-refractivity contribution in [3.63, 3.8) is 0 Å². The standard InChI is InChI=1S/C12H21NO/c1-3-4-5-6-9-13-10-7-8-11(2)12(13)14/h2-10H2,1H3. The third kappa shape index (κ3) is 3.17. The van der Waals surface area contributed by atoms with Crippen LogP contribution < -0.4 is 0 Å². The van der Waals surface area contributed by atoms with Gasteiger partial charge in [0.05, 0.1) is 0 Å². The number of nitrogens with zero attached hydrogens (tertiary/aromatic N) is 1. The molecule has 0 radical (unpaired) electrons. The summed E-state index contributed by atoms with van der Waals surface area (Å²) in [4.78, 5) is 13.6. The maximum Gasteiger partial charge on any atom is 0.249 e. The highest BCUT2D eigenvalue weighted by atomic mass is 16.2. The Morgan fingerprint density at radius 1 is 1.36 bits per heavy atom. The lowest BCUT2D eigenvalue weighted by molar-refractivity contribution is -0.128. The number of rotatable bonds is 5. The normalized spacial score (nSPS) is 17.6. The largest absolute Gasteiger partial charge is 0.339 e. The minimum atomic E-state index is 0.188. The topological polar surface area (TPSA) is 20.3 Å². The lowest BCUT2D eigenvalue weighted by Gasteiger charge is -2.27. The SMILES string of the molecule is C=C1CCCN(CCCCCC)C1=O. The van der Waals surface area contributed by atoms with E-state index in [1.807, 2.05) is 4.90 Å². The van der Waals surface area contributed by atoms with E-state index in [1.165, 1.54) is 19.3 Å². The van der Waals surface area contributed by atoms with Gasteiger partial charge in [-0.05, 0) is 19.3 Å². The molecule has 0 aromatic rings. The molecular formula is C12H21NO. The molecule has 1 aliphatic rings. The van der Waals surface area contributed by atoms with E-state index in [2.05, 4.69) is 13.5 Å². The highest BCUT2D eigenvalue weighted by Gasteiger charge is 2.20. The smallest absolute Gasteiger partial charge is 0.249 e. The lowest BCUT2D eigenvalue weighted by Crippen LogP contribution is -2.37. The molecule has 2 heteroatoms. The monoisotopic (exact) mass is 195 g/mol. The molecule has 0 aromatic carbocycles. The fourth-order valence-electron chi connectivity index (χ4n) is 1.86. The molecule has 1 saturated heterocycles. The van der Waals surface area contributed by atoms with Crippen LogP contribution in [0.5, 0.6) is 0 Å². The van der Waals surface area contributed by atoms with Crippen LogP contribution in [-0.2, 0) is 4.79 Å². The fraction of sp³-hybridized carbons (Fsp3) is 0.750. The van der Waals surface area contributed by atoms with Crippen LogP contribution >= 0.6 is 0 Å². The molecule has 0 saturated carbocycles. The number of amides is 1. The summed E-state index contributed by atoms with van der Waals surface area (Å²) in [6.07, 6.45) is 6.91. The molecule has 0 atom stereocenters. The molecule has 1 rings (SSSR count). The van der Waals surface area contributed by atoms with Gasteiger partial charge in [-0.15, -0.1) is 0 Å². The Balaban J connectivity index is 2.22. The number of likely N-dealkylation sites (tertiary alicyclic amines) is 1. The van der Waals surface area contributed by atoms with Crippen molar-refractivity contribution in [1.29, 1.82) is 0 Å². The van der Waals surface area contributed by atoms with Gasteiger partial charge in [0.25, 0.3) is 0 Å². The molecule has 0 aromatic heterocycles. The number of piperidine rings is 1. The predicted octanol–water partition coefficient (Wildman–Crippen LogP) is 2.75. The van der Waals surface area contributed by atoms with Crippen LogP contribution in [0.3, 0.4) is 0 Å². The zero-order valence-corrected chi connectivity index (χ0v) is 9.22. The molecule has 1 heterocycles. The minimum Gasteiger partial charge on any atom is -0.339 e. The highest BCUT2D eigenvalue weighted by Crippen LogP contribution is 2.15. The van der Waals surface area contributed by atoms with E-state index in [9.17, 15) is 4.79 Å². The van der Waals surface area contributed by atoms with E-state index in [-0.39, 0.29) is 5.91 Å². The molecule has 1 aliphatic heterocycles. The quantitative estimate of drug-likeness (QED) is 0.488. The average Bonchev–Trinajstić information content (AvgIpc) is 2.19. The average molecular weight is 195 g/mol. The predicted molar refractivity (Wildman–Crippen MR) is 59.1 cm³/mol. The molecule has 2 nitrogen and oxygen atoms in total. The Morgan fingerprint density at radius 3 is 2.86 bits per heavy atom. The molecule has 0 spiro atoms. The number of hydrogen-bond donors (Lipinski definition) is 0. The Bertz CT molecular complexity index is 210. The van der Waals surface area contributed by atoms with Gasteiger partial charge >= 0.3 is 0 Å². The first-order valence-electron chi connectivity index (χ1n) is 5.72. The van der Waals surface area contributed by atoms with Crippen molar-refractivity contribution < 1.29 is 4.79 Å². The molecule has 14 heavy (non-hydrogen) atoms. The van der Waals surface area contributed by atoms with Gasteiger partial charge in [-0.1, -0.05) is 32.8 Å². The second-order valence-corrected chi connectivity index (χ2v) is 4.06.